The molecule has 0 spiro atoms. The molecule has 11 heteroatoms. The second kappa shape index (κ2) is 9.67. The number of nitrogens with one attached hydrogen (secondary N) is 1. The minimum atomic E-state index is -0.308. The Bertz CT molecular complexity index is 867. The van der Waals surface area contributed by atoms with Crippen LogP contribution in [0.4, 0.5) is 5.13 Å². The summed E-state index contributed by atoms with van der Waals surface area (Å²) in [6.07, 6.45) is 3.20. The second-order valence-corrected chi connectivity index (χ2v) is 9.30. The van der Waals surface area contributed by atoms with Gasteiger partial charge in [-0.2, -0.15) is 4.98 Å². The number of rotatable bonds is 9. The van der Waals surface area contributed by atoms with Crippen LogP contribution < -0.4 is 11.0 Å². The Morgan fingerprint density at radius 2 is 2.19 bits per heavy atom. The lowest BCUT2D eigenvalue weighted by Crippen LogP contribution is -2.28. The highest BCUT2D eigenvalue weighted by Gasteiger charge is 2.22. The number of carbonyl (C=O) groups excluding carboxylic acids is 1. The van der Waals surface area contributed by atoms with E-state index >= 15 is 0 Å². The summed E-state index contributed by atoms with van der Waals surface area (Å²) in [6.45, 7) is 2.55. The second-order valence-electron chi connectivity index (χ2n) is 5.85. The average molecular weight is 428 g/mol. The lowest BCUT2D eigenvalue weighted by molar-refractivity contribution is -0.113. The number of aliphatic hydroxyl groups is 1. The molecule has 8 nitrogen and oxygen atoms in total. The molecular formula is C16H21N5O3S3. The van der Waals surface area contributed by atoms with Gasteiger partial charge in [-0.05, 0) is 31.4 Å². The largest absolute Gasteiger partial charge is 0.396 e. The predicted molar refractivity (Wildman–Crippen MR) is 108 cm³/mol. The van der Waals surface area contributed by atoms with E-state index in [2.05, 4.69) is 20.5 Å². The van der Waals surface area contributed by atoms with Crippen molar-refractivity contribution in [1.29, 1.82) is 0 Å². The molecule has 0 saturated carbocycles. The van der Waals surface area contributed by atoms with Crippen molar-refractivity contribution in [3.05, 3.63) is 21.7 Å². The molecule has 146 valence electrons. The normalized spacial score (nSPS) is 13.0. The van der Waals surface area contributed by atoms with Crippen molar-refractivity contribution in [3.8, 4) is 0 Å². The van der Waals surface area contributed by atoms with Gasteiger partial charge in [0.2, 0.25) is 11.0 Å². The molecule has 0 aromatic carbocycles. The quantitative estimate of drug-likeness (QED) is 0.354. The monoisotopic (exact) mass is 427 g/mol. The van der Waals surface area contributed by atoms with Crippen LogP contribution in [-0.2, 0) is 24.2 Å². The van der Waals surface area contributed by atoms with Crippen molar-refractivity contribution in [2.24, 2.45) is 0 Å². The maximum atomic E-state index is 12.3. The Morgan fingerprint density at radius 1 is 1.33 bits per heavy atom. The van der Waals surface area contributed by atoms with Gasteiger partial charge in [-0.25, -0.2) is 4.79 Å². The van der Waals surface area contributed by atoms with Gasteiger partial charge in [0.15, 0.2) is 4.34 Å². The first-order valence-electron chi connectivity index (χ1n) is 8.74. The van der Waals surface area contributed by atoms with Crippen LogP contribution in [-0.4, -0.2) is 48.9 Å². The van der Waals surface area contributed by atoms with Crippen LogP contribution in [0, 0.1) is 0 Å². The van der Waals surface area contributed by atoms with Gasteiger partial charge in [-0.15, -0.1) is 10.2 Å². The molecular weight excluding hydrogens is 406 g/mol. The summed E-state index contributed by atoms with van der Waals surface area (Å²) in [5.74, 6) is 0.872. The van der Waals surface area contributed by atoms with E-state index in [0.717, 1.165) is 40.6 Å². The molecule has 0 saturated heterocycles. The number of fused-ring (bicyclic) bond motifs is 1. The number of nitrogens with zero attached hydrogens (tertiary/aromatic N) is 4. The molecule has 0 atom stereocenters. The Hall–Kier alpha value is -1.43. The standard InChI is InChI=1S/C16H21N5O3S3/c1-2-25-16-20-19-14(27-16)17-12(23)9-26-13-10-5-3-6-11(10)21(7-4-8-22)15(24)18-13/h22H,2-9H2,1H3,(H,17,19,23). The molecule has 0 unspecified atom stereocenters. The SMILES string of the molecule is CCSc1nnc(NC(=O)CSc2nc(=O)n(CCCO)c3c2CCC3)s1. The van der Waals surface area contributed by atoms with Crippen LogP contribution in [0.2, 0.25) is 0 Å². The maximum Gasteiger partial charge on any atom is 0.348 e. The molecule has 1 amide bonds. The number of thioether (sulfide) groups is 2. The summed E-state index contributed by atoms with van der Waals surface area (Å²) >= 11 is 4.21. The van der Waals surface area contributed by atoms with Crippen molar-refractivity contribution in [2.45, 2.75) is 48.5 Å². The molecule has 0 bridgehead atoms. The molecule has 27 heavy (non-hydrogen) atoms. The van der Waals surface area contributed by atoms with Crippen LogP contribution in [0.1, 0.15) is 31.0 Å². The van der Waals surface area contributed by atoms with E-state index in [0.29, 0.717) is 23.1 Å². The van der Waals surface area contributed by atoms with Crippen molar-refractivity contribution in [3.63, 3.8) is 0 Å². The summed E-state index contributed by atoms with van der Waals surface area (Å²) in [5.41, 5.74) is 1.75. The first kappa shape index (κ1) is 20.3. The number of hydrogen-bond donors (Lipinski definition) is 2. The van der Waals surface area contributed by atoms with Gasteiger partial charge in [0, 0.05) is 24.4 Å². The first-order chi connectivity index (χ1) is 13.1. The highest BCUT2D eigenvalue weighted by Crippen LogP contribution is 2.30. The highest BCUT2D eigenvalue weighted by atomic mass is 32.2. The fraction of sp³-hybridized carbons (Fsp3) is 0.562. The lowest BCUT2D eigenvalue weighted by atomic mass is 10.2. The van der Waals surface area contributed by atoms with Crippen LogP contribution in [0.3, 0.4) is 0 Å². The lowest BCUT2D eigenvalue weighted by Gasteiger charge is -2.13. The van der Waals surface area contributed by atoms with E-state index in [1.807, 2.05) is 6.92 Å². The first-order valence-corrected chi connectivity index (χ1v) is 11.5. The Kier molecular flexibility index (Phi) is 7.27. The zero-order valence-electron chi connectivity index (χ0n) is 14.9. The number of aromatic nitrogens is 4. The van der Waals surface area contributed by atoms with Crippen molar-refractivity contribution in [2.75, 3.05) is 23.4 Å². The number of amides is 1. The van der Waals surface area contributed by atoms with Gasteiger partial charge in [0.25, 0.3) is 0 Å². The molecule has 0 aliphatic heterocycles. The Morgan fingerprint density at radius 3 is 2.96 bits per heavy atom. The van der Waals surface area contributed by atoms with E-state index in [4.69, 9.17) is 5.11 Å². The molecule has 2 aromatic rings. The highest BCUT2D eigenvalue weighted by molar-refractivity contribution is 8.01. The minimum absolute atomic E-state index is 0.0436. The molecule has 1 aliphatic rings. The molecule has 1 aliphatic carbocycles. The van der Waals surface area contributed by atoms with Crippen molar-refractivity contribution < 1.29 is 9.90 Å². The number of anilines is 1. The fourth-order valence-electron chi connectivity index (χ4n) is 2.90. The maximum absolute atomic E-state index is 12.3. The van der Waals surface area contributed by atoms with Gasteiger partial charge in [0.05, 0.1) is 5.75 Å². The van der Waals surface area contributed by atoms with Crippen molar-refractivity contribution >= 4 is 45.9 Å². The van der Waals surface area contributed by atoms with Crippen molar-refractivity contribution in [1.82, 2.24) is 19.7 Å². The summed E-state index contributed by atoms with van der Waals surface area (Å²) in [7, 11) is 0. The van der Waals surface area contributed by atoms with Crippen LogP contribution in [0.25, 0.3) is 0 Å². The van der Waals surface area contributed by atoms with Crippen LogP contribution >= 0.6 is 34.9 Å². The number of aliphatic hydroxyl groups excluding tert-OH is 1. The molecule has 0 radical (unpaired) electrons. The third-order valence-electron chi connectivity index (χ3n) is 4.00. The summed E-state index contributed by atoms with van der Waals surface area (Å²) in [4.78, 5) is 28.7. The third-order valence-corrected chi connectivity index (χ3v) is 6.87. The summed E-state index contributed by atoms with van der Waals surface area (Å²) in [5, 5.41) is 20.9. The zero-order chi connectivity index (χ0) is 19.2. The topological polar surface area (TPSA) is 110 Å². The molecule has 2 aromatic heterocycles. The van der Waals surface area contributed by atoms with Gasteiger partial charge in [-0.1, -0.05) is 41.8 Å². The zero-order valence-corrected chi connectivity index (χ0v) is 17.4. The van der Waals surface area contributed by atoms with Crippen LogP contribution in [0.5, 0.6) is 0 Å². The summed E-state index contributed by atoms with van der Waals surface area (Å²) < 4.78 is 2.49. The molecule has 2 heterocycles. The summed E-state index contributed by atoms with van der Waals surface area (Å²) in [6, 6.07) is 0. The fourth-order valence-corrected chi connectivity index (χ4v) is 5.44. The molecule has 3 rings (SSSR count). The smallest absolute Gasteiger partial charge is 0.348 e. The van der Waals surface area contributed by atoms with Gasteiger partial charge >= 0.3 is 5.69 Å². The Balaban J connectivity index is 1.65. The van der Waals surface area contributed by atoms with E-state index < -0.39 is 0 Å². The number of hydrogen-bond acceptors (Lipinski definition) is 9. The third kappa shape index (κ3) is 5.09. The van der Waals surface area contributed by atoms with Crippen LogP contribution in [0.15, 0.2) is 14.2 Å². The van der Waals surface area contributed by atoms with Gasteiger partial charge in [0.1, 0.15) is 5.03 Å². The molecule has 0 fully saturated rings. The van der Waals surface area contributed by atoms with Gasteiger partial charge in [-0.3, -0.25) is 14.7 Å². The number of carbonyl (C=O) groups is 1. The van der Waals surface area contributed by atoms with Gasteiger partial charge < -0.3 is 5.11 Å². The predicted octanol–water partition coefficient (Wildman–Crippen LogP) is 1.81. The van der Waals surface area contributed by atoms with E-state index in [1.54, 1.807) is 16.3 Å². The van der Waals surface area contributed by atoms with E-state index in [-0.39, 0.29) is 24.0 Å². The van der Waals surface area contributed by atoms with E-state index in [1.165, 1.54) is 23.1 Å². The van der Waals surface area contributed by atoms with E-state index in [9.17, 15) is 9.59 Å². The Labute approximate surface area is 169 Å². The minimum Gasteiger partial charge on any atom is -0.396 e. The molecule has 2 N–H and O–H groups in total. The average Bonchev–Trinajstić information content (AvgIpc) is 3.29.